The summed E-state index contributed by atoms with van der Waals surface area (Å²) in [7, 11) is 3.35. The number of methoxy groups -OCH3 is 2. The zero-order valence-corrected chi connectivity index (χ0v) is 12.9. The number of benzene rings is 1. The van der Waals surface area contributed by atoms with E-state index in [0.717, 1.165) is 30.4 Å². The van der Waals surface area contributed by atoms with Crippen molar-refractivity contribution in [3.63, 3.8) is 0 Å². The first kappa shape index (κ1) is 15.2. The Morgan fingerprint density at radius 2 is 1.95 bits per heavy atom. The summed E-state index contributed by atoms with van der Waals surface area (Å²) < 4.78 is 10.6. The van der Waals surface area contributed by atoms with Crippen LogP contribution in [0.1, 0.15) is 38.2 Å². The molecule has 0 aliphatic heterocycles. The summed E-state index contributed by atoms with van der Waals surface area (Å²) in [6, 6.07) is 6.88. The molecule has 1 aromatic rings. The maximum Gasteiger partial charge on any atom is 0.160 e. The number of nitrogens with one attached hydrogen (secondary N) is 1. The molecule has 3 nitrogen and oxygen atoms in total. The Morgan fingerprint density at radius 1 is 1.15 bits per heavy atom. The highest BCUT2D eigenvalue weighted by molar-refractivity contribution is 5.42. The van der Waals surface area contributed by atoms with E-state index in [4.69, 9.17) is 9.47 Å². The third kappa shape index (κ3) is 4.14. The van der Waals surface area contributed by atoms with Crippen LogP contribution in [0.3, 0.4) is 0 Å². The molecular formula is C17H27NO2. The van der Waals surface area contributed by atoms with E-state index in [1.807, 2.05) is 6.07 Å². The standard InChI is InChI=1S/C17H27NO2/c1-13-5-4-6-15(11-13)18-10-9-14-7-8-16(19-2)17(12-14)20-3/h7-8,12-13,15,18H,4-6,9-11H2,1-3H3/t13-,15+/m0/s1. The van der Waals surface area contributed by atoms with Gasteiger partial charge in [-0.25, -0.2) is 0 Å². The molecule has 2 atom stereocenters. The van der Waals surface area contributed by atoms with Crippen LogP contribution in [0, 0.1) is 5.92 Å². The average molecular weight is 277 g/mol. The van der Waals surface area contributed by atoms with E-state index >= 15 is 0 Å². The Balaban J connectivity index is 1.81. The molecule has 20 heavy (non-hydrogen) atoms. The van der Waals surface area contributed by atoms with Gasteiger partial charge in [0.25, 0.3) is 0 Å². The van der Waals surface area contributed by atoms with Crippen molar-refractivity contribution in [2.45, 2.75) is 45.1 Å². The highest BCUT2D eigenvalue weighted by Crippen LogP contribution is 2.28. The molecule has 112 valence electrons. The molecule has 0 bridgehead atoms. The fraction of sp³-hybridized carbons (Fsp3) is 0.647. The SMILES string of the molecule is COc1ccc(CCN[C@@H]2CCC[C@H](C)C2)cc1OC. The maximum atomic E-state index is 5.34. The topological polar surface area (TPSA) is 30.5 Å². The largest absolute Gasteiger partial charge is 0.493 e. The molecule has 0 unspecified atom stereocenters. The van der Waals surface area contributed by atoms with Gasteiger partial charge in [0.05, 0.1) is 14.2 Å². The summed E-state index contributed by atoms with van der Waals surface area (Å²) in [5.41, 5.74) is 1.29. The normalized spacial score (nSPS) is 22.6. The molecule has 0 radical (unpaired) electrons. The van der Waals surface area contributed by atoms with Gasteiger partial charge in [0.2, 0.25) is 0 Å². The Morgan fingerprint density at radius 3 is 2.65 bits per heavy atom. The molecule has 1 fully saturated rings. The molecule has 1 aliphatic rings. The second-order valence-corrected chi connectivity index (χ2v) is 5.86. The molecule has 1 aliphatic carbocycles. The number of rotatable bonds is 6. The molecule has 2 rings (SSSR count). The fourth-order valence-corrected chi connectivity index (χ4v) is 3.08. The van der Waals surface area contributed by atoms with Gasteiger partial charge in [0, 0.05) is 6.04 Å². The highest BCUT2D eigenvalue weighted by atomic mass is 16.5. The molecule has 1 N–H and O–H groups in total. The van der Waals surface area contributed by atoms with Crippen molar-refractivity contribution >= 4 is 0 Å². The Kier molecular flexibility index (Phi) is 5.72. The Bertz CT molecular complexity index is 419. The van der Waals surface area contributed by atoms with Crippen LogP contribution in [0.25, 0.3) is 0 Å². The first-order valence-electron chi connectivity index (χ1n) is 7.67. The Hall–Kier alpha value is -1.22. The lowest BCUT2D eigenvalue weighted by Gasteiger charge is -2.27. The smallest absolute Gasteiger partial charge is 0.160 e. The van der Waals surface area contributed by atoms with Crippen LogP contribution in [0.2, 0.25) is 0 Å². The first-order chi connectivity index (χ1) is 9.72. The minimum Gasteiger partial charge on any atom is -0.493 e. The van der Waals surface area contributed by atoms with Crippen LogP contribution in [0.15, 0.2) is 18.2 Å². The molecule has 0 spiro atoms. The zero-order chi connectivity index (χ0) is 14.4. The van der Waals surface area contributed by atoms with E-state index in [9.17, 15) is 0 Å². The lowest BCUT2D eigenvalue weighted by atomic mass is 9.87. The summed E-state index contributed by atoms with van der Waals surface area (Å²) in [4.78, 5) is 0. The van der Waals surface area contributed by atoms with Crippen molar-refractivity contribution in [3.05, 3.63) is 23.8 Å². The van der Waals surface area contributed by atoms with Crippen LogP contribution in [0.5, 0.6) is 11.5 Å². The molecular weight excluding hydrogens is 250 g/mol. The third-order valence-corrected chi connectivity index (χ3v) is 4.23. The van der Waals surface area contributed by atoms with E-state index in [-0.39, 0.29) is 0 Å². The number of ether oxygens (including phenoxy) is 2. The molecule has 0 saturated heterocycles. The van der Waals surface area contributed by atoms with E-state index in [0.29, 0.717) is 6.04 Å². The number of hydrogen-bond donors (Lipinski definition) is 1. The predicted octanol–water partition coefficient (Wildman–Crippen LogP) is 3.41. The maximum absolute atomic E-state index is 5.34. The van der Waals surface area contributed by atoms with E-state index in [2.05, 4.69) is 24.4 Å². The summed E-state index contributed by atoms with van der Waals surface area (Å²) in [5, 5.41) is 3.69. The van der Waals surface area contributed by atoms with Crippen molar-refractivity contribution in [1.82, 2.24) is 5.32 Å². The summed E-state index contributed by atoms with van der Waals surface area (Å²) in [5.74, 6) is 2.49. The second-order valence-electron chi connectivity index (χ2n) is 5.86. The van der Waals surface area contributed by atoms with Crippen LogP contribution in [-0.2, 0) is 6.42 Å². The highest BCUT2D eigenvalue weighted by Gasteiger charge is 2.17. The van der Waals surface area contributed by atoms with Gasteiger partial charge < -0.3 is 14.8 Å². The lowest BCUT2D eigenvalue weighted by molar-refractivity contribution is 0.303. The zero-order valence-electron chi connectivity index (χ0n) is 12.9. The van der Waals surface area contributed by atoms with Gasteiger partial charge in [0.15, 0.2) is 11.5 Å². The quantitative estimate of drug-likeness (QED) is 0.864. The molecule has 0 heterocycles. The van der Waals surface area contributed by atoms with Gasteiger partial charge in [-0.05, 0) is 49.4 Å². The van der Waals surface area contributed by atoms with Crippen LogP contribution in [-0.4, -0.2) is 26.8 Å². The van der Waals surface area contributed by atoms with Gasteiger partial charge in [-0.15, -0.1) is 0 Å². The molecule has 1 aromatic carbocycles. The van der Waals surface area contributed by atoms with Crippen molar-refractivity contribution in [2.75, 3.05) is 20.8 Å². The fourth-order valence-electron chi connectivity index (χ4n) is 3.08. The van der Waals surface area contributed by atoms with Crippen molar-refractivity contribution < 1.29 is 9.47 Å². The molecule has 3 heteroatoms. The van der Waals surface area contributed by atoms with E-state index in [1.165, 1.54) is 31.2 Å². The van der Waals surface area contributed by atoms with Gasteiger partial charge in [-0.2, -0.15) is 0 Å². The summed E-state index contributed by atoms with van der Waals surface area (Å²) in [6.45, 7) is 3.40. The van der Waals surface area contributed by atoms with Crippen molar-refractivity contribution in [3.8, 4) is 11.5 Å². The molecule has 0 amide bonds. The van der Waals surface area contributed by atoms with Gasteiger partial charge in [0.1, 0.15) is 0 Å². The van der Waals surface area contributed by atoms with Gasteiger partial charge in [-0.3, -0.25) is 0 Å². The predicted molar refractivity (Wildman–Crippen MR) is 82.7 cm³/mol. The van der Waals surface area contributed by atoms with Gasteiger partial charge >= 0.3 is 0 Å². The van der Waals surface area contributed by atoms with E-state index < -0.39 is 0 Å². The van der Waals surface area contributed by atoms with E-state index in [1.54, 1.807) is 14.2 Å². The van der Waals surface area contributed by atoms with Crippen molar-refractivity contribution in [1.29, 1.82) is 0 Å². The second kappa shape index (κ2) is 7.53. The third-order valence-electron chi connectivity index (χ3n) is 4.23. The monoisotopic (exact) mass is 277 g/mol. The lowest BCUT2D eigenvalue weighted by Crippen LogP contribution is -2.34. The first-order valence-corrected chi connectivity index (χ1v) is 7.67. The molecule has 0 aromatic heterocycles. The van der Waals surface area contributed by atoms with Crippen molar-refractivity contribution in [2.24, 2.45) is 5.92 Å². The minimum atomic E-state index is 0.707. The van der Waals surface area contributed by atoms with Crippen LogP contribution < -0.4 is 14.8 Å². The summed E-state index contributed by atoms with van der Waals surface area (Å²) in [6.07, 6.45) is 6.45. The Labute approximate surface area is 122 Å². The average Bonchev–Trinajstić information content (AvgIpc) is 2.47. The molecule has 1 saturated carbocycles. The summed E-state index contributed by atoms with van der Waals surface area (Å²) >= 11 is 0. The minimum absolute atomic E-state index is 0.707. The van der Waals surface area contributed by atoms with Crippen LogP contribution >= 0.6 is 0 Å². The van der Waals surface area contributed by atoms with Gasteiger partial charge in [-0.1, -0.05) is 25.8 Å². The number of hydrogen-bond acceptors (Lipinski definition) is 3. The van der Waals surface area contributed by atoms with Crippen LogP contribution in [0.4, 0.5) is 0 Å².